The van der Waals surface area contributed by atoms with Crippen molar-refractivity contribution in [3.63, 3.8) is 0 Å². The van der Waals surface area contributed by atoms with Gasteiger partial charge in [0.15, 0.2) is 29.1 Å². The Hall–Kier alpha value is -18.1. The predicted octanol–water partition coefficient (Wildman–Crippen LogP) is 31.0. The van der Waals surface area contributed by atoms with E-state index in [4.69, 9.17) is 39.9 Å². The summed E-state index contributed by atoms with van der Waals surface area (Å²) in [6, 6.07) is 134. The van der Waals surface area contributed by atoms with E-state index in [0.717, 1.165) is 121 Å². The highest BCUT2D eigenvalue weighted by Crippen LogP contribution is 2.53. The van der Waals surface area contributed by atoms with Gasteiger partial charge in [0, 0.05) is 160 Å². The van der Waals surface area contributed by atoms with Crippen LogP contribution < -0.4 is 0 Å². The first-order valence-corrected chi connectivity index (χ1v) is 47.9. The smallest absolute Gasteiger partial charge is 0.238 e. The maximum absolute atomic E-state index is 9.62. The first-order chi connectivity index (χ1) is 68.4. The fourth-order valence-corrected chi connectivity index (χ4v) is 24.1. The van der Waals surface area contributed by atoms with Gasteiger partial charge in [-0.3, -0.25) is 24.1 Å². The summed E-state index contributed by atoms with van der Waals surface area (Å²) < 4.78 is 14.3. The molecule has 0 aliphatic carbocycles. The van der Waals surface area contributed by atoms with Crippen LogP contribution in [0.25, 0.3) is 266 Å². The van der Waals surface area contributed by atoms with E-state index in [1.165, 1.54) is 104 Å². The van der Waals surface area contributed by atoms with Crippen molar-refractivity contribution in [3.8, 4) is 103 Å². The number of para-hydroxylation sites is 1. The second-order valence-electron chi connectivity index (χ2n) is 34.2. The molecular weight excluding hydrogens is 1750 g/mol. The third kappa shape index (κ3) is 13.0. The number of aromatic nitrogens is 14. The van der Waals surface area contributed by atoms with E-state index in [1.54, 1.807) is 11.3 Å². The summed E-state index contributed by atoms with van der Waals surface area (Å²) in [6.07, 6.45) is 11.5. The van der Waals surface area contributed by atoms with Crippen LogP contribution in [0, 0.1) is 11.3 Å². The summed E-state index contributed by atoms with van der Waals surface area (Å²) in [5.41, 5.74) is 17.5. The monoisotopic (exact) mass is 1820 g/mol. The molecule has 29 rings (SSSR count). The topological polar surface area (TPSA) is 180 Å². The molecule has 0 N–H and O–H groups in total. The van der Waals surface area contributed by atoms with Crippen LogP contribution in [-0.2, 0) is 0 Å². The quantitative estimate of drug-likeness (QED) is 0.127. The Kier molecular flexibility index (Phi) is 18.8. The number of pyridine rings is 3. The van der Waals surface area contributed by atoms with Crippen molar-refractivity contribution in [1.82, 2.24) is 68.5 Å². The van der Waals surface area contributed by atoms with E-state index in [9.17, 15) is 5.26 Å². The first kappa shape index (κ1) is 79.6. The average Bonchev–Trinajstić information content (AvgIpc) is 1.54. The average molecular weight is 1820 g/mol. The van der Waals surface area contributed by atoms with Crippen LogP contribution in [0.3, 0.4) is 0 Å². The highest BCUT2D eigenvalue weighted by Gasteiger charge is 2.30. The van der Waals surface area contributed by atoms with Crippen LogP contribution in [0.2, 0.25) is 0 Å². The molecule has 138 heavy (non-hydrogen) atoms. The lowest BCUT2D eigenvalue weighted by atomic mass is 9.99. The molecule has 0 saturated heterocycles. The van der Waals surface area contributed by atoms with Gasteiger partial charge in [0.1, 0.15) is 0 Å². The zero-order valence-corrected chi connectivity index (χ0v) is 75.7. The molecule has 12 aromatic heterocycles. The third-order valence-electron chi connectivity index (χ3n) is 26.3. The fraction of sp³-hybridized carbons (Fsp3) is 0. The summed E-state index contributed by atoms with van der Waals surface area (Å²) in [4.78, 5) is 54.7. The number of benzene rings is 17. The van der Waals surface area contributed by atoms with Gasteiger partial charge in [-0.1, -0.05) is 309 Å². The number of nitriles is 1. The van der Waals surface area contributed by atoms with Gasteiger partial charge < -0.3 is 4.57 Å². The van der Waals surface area contributed by atoms with Gasteiger partial charge in [-0.05, 0) is 116 Å². The molecule has 0 saturated carbocycles. The third-order valence-corrected chi connectivity index (χ3v) is 29.9. The molecule has 0 fully saturated rings. The van der Waals surface area contributed by atoms with Gasteiger partial charge in [-0.25, -0.2) is 29.9 Å². The number of rotatable bonds is 10. The van der Waals surface area contributed by atoms with Gasteiger partial charge >= 0.3 is 0 Å². The molecule has 0 spiro atoms. The largest absolute Gasteiger partial charge is 0.308 e. The zero-order valence-electron chi connectivity index (χ0n) is 73.3. The number of hydrogen-bond acceptors (Lipinski definition) is 15. The van der Waals surface area contributed by atoms with Gasteiger partial charge in [0.05, 0.1) is 70.0 Å². The van der Waals surface area contributed by atoms with E-state index >= 15 is 0 Å². The fourth-order valence-electron chi connectivity index (χ4n) is 20.4. The lowest BCUT2D eigenvalue weighted by molar-refractivity contribution is 0.955. The van der Waals surface area contributed by atoms with Gasteiger partial charge in [-0.15, -0.1) is 34.0 Å². The number of thiophene rings is 3. The molecule has 18 heteroatoms. The second-order valence-corrected chi connectivity index (χ2v) is 37.3. The molecule has 0 bridgehead atoms. The first-order valence-electron chi connectivity index (χ1n) is 45.5. The van der Waals surface area contributed by atoms with Crippen molar-refractivity contribution < 1.29 is 0 Å². The Bertz CT molecular complexity index is 9970. The molecule has 17 aromatic carbocycles. The summed E-state index contributed by atoms with van der Waals surface area (Å²) in [6.45, 7) is 0. The maximum atomic E-state index is 9.62. The number of fused-ring (bicyclic) bond motifs is 31. The minimum Gasteiger partial charge on any atom is -0.308 e. The zero-order chi connectivity index (χ0) is 91.0. The normalized spacial score (nSPS) is 11.8. The van der Waals surface area contributed by atoms with E-state index in [1.807, 2.05) is 230 Å². The summed E-state index contributed by atoms with van der Waals surface area (Å²) in [7, 11) is 0. The molecule has 0 aliphatic rings. The highest BCUT2D eigenvalue weighted by molar-refractivity contribution is 7.28. The van der Waals surface area contributed by atoms with Gasteiger partial charge in [0.2, 0.25) is 11.9 Å². The molecule has 15 nitrogen and oxygen atoms in total. The van der Waals surface area contributed by atoms with Crippen LogP contribution in [0.15, 0.2) is 419 Å². The van der Waals surface area contributed by atoms with E-state index in [0.29, 0.717) is 46.6 Å². The van der Waals surface area contributed by atoms with Crippen LogP contribution in [0.4, 0.5) is 0 Å². The number of nitrogens with zero attached hydrogens (tertiary/aromatic N) is 15. The minimum atomic E-state index is 0.586. The van der Waals surface area contributed by atoms with Crippen LogP contribution >= 0.6 is 34.0 Å². The summed E-state index contributed by atoms with van der Waals surface area (Å²) in [5.74, 6) is 4.32. The van der Waals surface area contributed by atoms with Crippen LogP contribution in [-0.4, -0.2) is 68.5 Å². The predicted molar refractivity (Wildman–Crippen MR) is 570 cm³/mol. The van der Waals surface area contributed by atoms with Gasteiger partial charge in [0.25, 0.3) is 0 Å². The summed E-state index contributed by atoms with van der Waals surface area (Å²) in [5, 5.41) is 32.2. The summed E-state index contributed by atoms with van der Waals surface area (Å²) >= 11 is 5.48. The number of hydrogen-bond donors (Lipinski definition) is 0. The maximum Gasteiger partial charge on any atom is 0.238 e. The van der Waals surface area contributed by atoms with E-state index in [2.05, 4.69) is 247 Å². The molecule has 29 aromatic rings. The van der Waals surface area contributed by atoms with Crippen molar-refractivity contribution >= 4 is 203 Å². The Morgan fingerprint density at radius 1 is 0.225 bits per heavy atom. The Morgan fingerprint density at radius 2 is 0.543 bits per heavy atom. The second kappa shape index (κ2) is 32.7. The van der Waals surface area contributed by atoms with E-state index in [-0.39, 0.29) is 0 Å². The van der Waals surface area contributed by atoms with E-state index < -0.39 is 0 Å². The van der Waals surface area contributed by atoms with Crippen molar-refractivity contribution in [2.24, 2.45) is 0 Å². The molecule has 642 valence electrons. The molecule has 0 aliphatic heterocycles. The molecule has 0 unspecified atom stereocenters. The van der Waals surface area contributed by atoms with Crippen LogP contribution in [0.5, 0.6) is 0 Å². The molecule has 0 atom stereocenters. The van der Waals surface area contributed by atoms with Crippen molar-refractivity contribution in [1.29, 1.82) is 5.26 Å². The molecule has 12 heterocycles. The Morgan fingerprint density at radius 3 is 0.957 bits per heavy atom. The SMILES string of the molecule is N#Cc1cccc(-c2nc(-n3c4ccncc4c4c5ccccc5c5c6ccccc6sc5c43)nc3ccccc23)c1.c1ccc(-c2cc(-c3nc(-c4ccccc4)nc(-c4ccccc4)n3)cc(-n3c4ccncc4c4c5ccccc5c5c6ccccc6sc5c43)c2)cc1.c1ccc(-c2nc(-c3ccccc3)nc(-n3c4ccncc4c4c5ccccc5c5c6ccccc6sc5c43)n2)cc1. The van der Waals surface area contributed by atoms with Crippen molar-refractivity contribution in [2.45, 2.75) is 0 Å². The standard InChI is InChI=1S/C48H29N5S.C36H21N5S.C36H19N5S/c1-4-14-30(15-5-1)33-26-34(48-51-46(31-16-6-2-7-17-31)50-47(52-48)32-18-8-3-9-19-32)28-35(27-33)53-40-24-25-49-29-39(40)42-36-20-10-11-21-37(36)43-38-22-12-13-23-41(38)54-45(43)44(42)53;1-3-11-22(12-4-1)34-38-35(23-13-5-2-6-14-23)40-36(39-34)41-28-19-20-37-21-27(28)30-24-15-7-8-16-25(24)31-26-17-9-10-18-29(26)42-33(31)32(30)41;37-19-21-8-7-9-22(18-21)33-25-12-3-5-14-28(25)39-36(40-33)41-29-16-17-38-20-27(29)31-23-10-1-2-11-24(23)32-26-13-4-6-15-30(26)42-35(32)34(31)41/h1-29H;1-21H;1-18,20H. The Labute approximate surface area is 798 Å². The molecular formula is C120H69N15S3. The highest BCUT2D eigenvalue weighted by atomic mass is 32.1. The lowest BCUT2D eigenvalue weighted by Crippen LogP contribution is -2.06. The van der Waals surface area contributed by atoms with Crippen molar-refractivity contribution in [3.05, 3.63) is 425 Å². The minimum absolute atomic E-state index is 0.586. The van der Waals surface area contributed by atoms with Gasteiger partial charge in [-0.2, -0.15) is 15.2 Å². The molecule has 0 radical (unpaired) electrons. The molecule has 0 amide bonds. The Balaban J connectivity index is 0.000000106. The van der Waals surface area contributed by atoms with Crippen molar-refractivity contribution in [2.75, 3.05) is 0 Å². The lowest BCUT2D eigenvalue weighted by Gasteiger charge is -2.15. The van der Waals surface area contributed by atoms with Crippen LogP contribution in [0.1, 0.15) is 5.56 Å².